The molecule has 2 amide bonds. The van der Waals surface area contributed by atoms with Crippen LogP contribution in [0.3, 0.4) is 0 Å². The van der Waals surface area contributed by atoms with E-state index in [0.29, 0.717) is 18.5 Å². The highest BCUT2D eigenvalue weighted by atomic mass is 16.5. The van der Waals surface area contributed by atoms with Gasteiger partial charge in [-0.2, -0.15) is 0 Å². The van der Waals surface area contributed by atoms with Crippen molar-refractivity contribution in [2.45, 2.75) is 6.42 Å². The summed E-state index contributed by atoms with van der Waals surface area (Å²) in [5.41, 5.74) is 1.53. The number of methoxy groups -OCH3 is 1. The Kier molecular flexibility index (Phi) is 6.11. The summed E-state index contributed by atoms with van der Waals surface area (Å²) >= 11 is 0. The van der Waals surface area contributed by atoms with Crippen molar-refractivity contribution in [2.75, 3.05) is 20.2 Å². The number of hydrogen-bond donors (Lipinski definition) is 2. The zero-order valence-corrected chi connectivity index (χ0v) is 12.9. The number of aromatic nitrogens is 1. The average molecular weight is 313 g/mol. The molecule has 0 fully saturated rings. The molecule has 0 aliphatic heterocycles. The average Bonchev–Trinajstić information content (AvgIpc) is 2.61. The molecule has 1 aromatic carbocycles. The highest BCUT2D eigenvalue weighted by Gasteiger charge is 2.07. The summed E-state index contributed by atoms with van der Waals surface area (Å²) in [6.07, 6.45) is 3.76. The second-order valence-corrected chi connectivity index (χ2v) is 4.87. The summed E-state index contributed by atoms with van der Waals surface area (Å²) in [5.74, 6) is 0.259. The summed E-state index contributed by atoms with van der Waals surface area (Å²) in [6.45, 7) is 0.449. The summed E-state index contributed by atoms with van der Waals surface area (Å²) in [6, 6.07) is 11.0. The number of amides is 2. The van der Waals surface area contributed by atoms with E-state index in [0.717, 1.165) is 11.3 Å². The van der Waals surface area contributed by atoms with Crippen molar-refractivity contribution in [3.05, 3.63) is 59.9 Å². The Labute approximate surface area is 134 Å². The number of carbonyl (C=O) groups is 2. The molecule has 0 spiro atoms. The zero-order chi connectivity index (χ0) is 16.5. The normalized spacial score (nSPS) is 9.96. The Morgan fingerprint density at radius 3 is 2.57 bits per heavy atom. The van der Waals surface area contributed by atoms with Crippen LogP contribution in [0, 0.1) is 0 Å². The third-order valence-electron chi connectivity index (χ3n) is 3.23. The third-order valence-corrected chi connectivity index (χ3v) is 3.23. The Hall–Kier alpha value is -2.89. The third kappa shape index (κ3) is 5.43. The lowest BCUT2D eigenvalue weighted by molar-refractivity contribution is -0.120. The van der Waals surface area contributed by atoms with Gasteiger partial charge in [-0.25, -0.2) is 0 Å². The molecule has 120 valence electrons. The number of carbonyl (C=O) groups excluding carboxylic acids is 2. The largest absolute Gasteiger partial charge is 0.497 e. The maximum Gasteiger partial charge on any atom is 0.253 e. The Morgan fingerprint density at radius 2 is 1.91 bits per heavy atom. The number of benzene rings is 1. The van der Waals surface area contributed by atoms with Crippen LogP contribution < -0.4 is 15.4 Å². The quantitative estimate of drug-likeness (QED) is 0.804. The van der Waals surface area contributed by atoms with Crippen molar-refractivity contribution in [1.82, 2.24) is 15.6 Å². The van der Waals surface area contributed by atoms with Gasteiger partial charge in [0.1, 0.15) is 5.75 Å². The van der Waals surface area contributed by atoms with Crippen molar-refractivity contribution in [3.8, 4) is 5.75 Å². The van der Waals surface area contributed by atoms with Gasteiger partial charge >= 0.3 is 0 Å². The molecule has 23 heavy (non-hydrogen) atoms. The van der Waals surface area contributed by atoms with Crippen molar-refractivity contribution < 1.29 is 14.3 Å². The SMILES string of the molecule is COc1ccc(CCNC(=O)CNC(=O)c2cccnc2)cc1. The van der Waals surface area contributed by atoms with E-state index in [-0.39, 0.29) is 18.4 Å². The van der Waals surface area contributed by atoms with Crippen LogP contribution in [-0.4, -0.2) is 37.0 Å². The first kappa shape index (κ1) is 16.5. The molecule has 0 aliphatic carbocycles. The molecule has 1 heterocycles. The molecular formula is C17H19N3O3. The fourth-order valence-corrected chi connectivity index (χ4v) is 1.96. The molecule has 0 bridgehead atoms. The molecule has 1 aromatic heterocycles. The Morgan fingerprint density at radius 1 is 1.13 bits per heavy atom. The van der Waals surface area contributed by atoms with Gasteiger partial charge in [0.2, 0.25) is 5.91 Å². The fraction of sp³-hybridized carbons (Fsp3) is 0.235. The van der Waals surface area contributed by atoms with E-state index >= 15 is 0 Å². The maximum atomic E-state index is 11.8. The number of nitrogens with one attached hydrogen (secondary N) is 2. The van der Waals surface area contributed by atoms with E-state index in [4.69, 9.17) is 4.74 Å². The highest BCUT2D eigenvalue weighted by molar-refractivity contribution is 5.96. The monoisotopic (exact) mass is 313 g/mol. The van der Waals surface area contributed by atoms with Crippen LogP contribution in [0.5, 0.6) is 5.75 Å². The van der Waals surface area contributed by atoms with Crippen LogP contribution in [0.2, 0.25) is 0 Å². The smallest absolute Gasteiger partial charge is 0.253 e. The summed E-state index contributed by atoms with van der Waals surface area (Å²) in [4.78, 5) is 27.3. The maximum absolute atomic E-state index is 11.8. The van der Waals surface area contributed by atoms with Crippen LogP contribution in [0.4, 0.5) is 0 Å². The van der Waals surface area contributed by atoms with Crippen LogP contribution >= 0.6 is 0 Å². The number of rotatable bonds is 7. The fourth-order valence-electron chi connectivity index (χ4n) is 1.96. The molecule has 2 N–H and O–H groups in total. The van der Waals surface area contributed by atoms with Gasteiger partial charge < -0.3 is 15.4 Å². The van der Waals surface area contributed by atoms with E-state index in [2.05, 4.69) is 15.6 Å². The van der Waals surface area contributed by atoms with Crippen LogP contribution in [0.25, 0.3) is 0 Å². The van der Waals surface area contributed by atoms with Crippen LogP contribution in [0.15, 0.2) is 48.8 Å². The number of nitrogens with zero attached hydrogens (tertiary/aromatic N) is 1. The van der Waals surface area contributed by atoms with Crippen molar-refractivity contribution in [2.24, 2.45) is 0 Å². The number of pyridine rings is 1. The lowest BCUT2D eigenvalue weighted by Gasteiger charge is -2.07. The molecule has 0 saturated carbocycles. The predicted molar refractivity (Wildman–Crippen MR) is 86.3 cm³/mol. The van der Waals surface area contributed by atoms with Gasteiger partial charge in [-0.05, 0) is 36.2 Å². The van der Waals surface area contributed by atoms with E-state index in [1.54, 1.807) is 25.4 Å². The van der Waals surface area contributed by atoms with Crippen molar-refractivity contribution in [3.63, 3.8) is 0 Å². The molecule has 0 radical (unpaired) electrons. The first-order valence-electron chi connectivity index (χ1n) is 7.27. The van der Waals surface area contributed by atoms with Gasteiger partial charge in [0, 0.05) is 18.9 Å². The van der Waals surface area contributed by atoms with Crippen molar-refractivity contribution >= 4 is 11.8 Å². The first-order valence-corrected chi connectivity index (χ1v) is 7.27. The Balaban J connectivity index is 1.67. The van der Waals surface area contributed by atoms with E-state index in [1.165, 1.54) is 6.20 Å². The lowest BCUT2D eigenvalue weighted by Crippen LogP contribution is -2.37. The number of ether oxygens (including phenoxy) is 1. The Bertz CT molecular complexity index is 642. The molecule has 0 saturated heterocycles. The first-order chi connectivity index (χ1) is 11.2. The van der Waals surface area contributed by atoms with Crippen LogP contribution in [0.1, 0.15) is 15.9 Å². The minimum absolute atomic E-state index is 0.0592. The standard InChI is InChI=1S/C17H19N3O3/c1-23-15-6-4-13(5-7-15)8-10-19-16(21)12-20-17(22)14-3-2-9-18-11-14/h2-7,9,11H,8,10,12H2,1H3,(H,19,21)(H,20,22). The molecule has 6 nitrogen and oxygen atoms in total. The second-order valence-electron chi connectivity index (χ2n) is 4.87. The van der Waals surface area contributed by atoms with Crippen molar-refractivity contribution in [1.29, 1.82) is 0 Å². The van der Waals surface area contributed by atoms with Gasteiger partial charge in [0.15, 0.2) is 0 Å². The highest BCUT2D eigenvalue weighted by Crippen LogP contribution is 2.11. The van der Waals surface area contributed by atoms with Crippen LogP contribution in [-0.2, 0) is 11.2 Å². The molecule has 2 rings (SSSR count). The summed E-state index contributed by atoms with van der Waals surface area (Å²) in [5, 5.41) is 5.32. The minimum atomic E-state index is -0.316. The van der Waals surface area contributed by atoms with Gasteiger partial charge in [-0.3, -0.25) is 14.6 Å². The van der Waals surface area contributed by atoms with E-state index in [1.807, 2.05) is 24.3 Å². The second kappa shape index (κ2) is 8.53. The topological polar surface area (TPSA) is 80.3 Å². The lowest BCUT2D eigenvalue weighted by atomic mass is 10.1. The molecule has 6 heteroatoms. The van der Waals surface area contributed by atoms with Gasteiger partial charge in [-0.15, -0.1) is 0 Å². The predicted octanol–water partition coefficient (Wildman–Crippen LogP) is 1.18. The molecule has 2 aromatic rings. The summed E-state index contributed by atoms with van der Waals surface area (Å²) in [7, 11) is 1.62. The summed E-state index contributed by atoms with van der Waals surface area (Å²) < 4.78 is 5.09. The van der Waals surface area contributed by atoms with E-state index in [9.17, 15) is 9.59 Å². The molecule has 0 atom stereocenters. The van der Waals surface area contributed by atoms with Gasteiger partial charge in [0.25, 0.3) is 5.91 Å². The molecule has 0 aliphatic rings. The zero-order valence-electron chi connectivity index (χ0n) is 12.9. The van der Waals surface area contributed by atoms with E-state index < -0.39 is 0 Å². The van der Waals surface area contributed by atoms with Gasteiger partial charge in [-0.1, -0.05) is 12.1 Å². The minimum Gasteiger partial charge on any atom is -0.497 e. The number of hydrogen-bond acceptors (Lipinski definition) is 4. The molecule has 0 unspecified atom stereocenters. The molecular weight excluding hydrogens is 294 g/mol. The van der Waals surface area contributed by atoms with Gasteiger partial charge in [0.05, 0.1) is 19.2 Å².